The van der Waals surface area contributed by atoms with Crippen LogP contribution >= 0.6 is 15.9 Å². The van der Waals surface area contributed by atoms with Gasteiger partial charge in [-0.15, -0.1) is 0 Å². The number of ether oxygens (including phenoxy) is 1. The maximum atomic E-state index is 13.2. The van der Waals surface area contributed by atoms with E-state index in [4.69, 9.17) is 9.84 Å². The molecule has 1 atom stereocenters. The van der Waals surface area contributed by atoms with E-state index in [-0.39, 0.29) is 24.3 Å². The number of hydrogen-bond acceptors (Lipinski definition) is 7. The Balaban J connectivity index is 1.47. The van der Waals surface area contributed by atoms with E-state index >= 15 is 0 Å². The van der Waals surface area contributed by atoms with Crippen molar-refractivity contribution in [3.05, 3.63) is 52.1 Å². The second kappa shape index (κ2) is 12.7. The third-order valence-corrected chi connectivity index (χ3v) is 9.63. The number of amides is 2. The molecule has 5 rings (SSSR count). The van der Waals surface area contributed by atoms with Crippen molar-refractivity contribution in [2.75, 3.05) is 24.2 Å². The lowest BCUT2D eigenvalue weighted by atomic mass is 9.89. The summed E-state index contributed by atoms with van der Waals surface area (Å²) in [6.45, 7) is 1.57. The lowest BCUT2D eigenvalue weighted by Crippen LogP contribution is -2.45. The molecule has 0 spiro atoms. The number of rotatable bonds is 9. The number of hydrogen-bond donors (Lipinski definition) is 2. The van der Waals surface area contributed by atoms with Crippen LogP contribution in [0.15, 0.2) is 40.9 Å². The number of nitrogens with zero attached hydrogens (tertiary/aromatic N) is 3. The minimum absolute atomic E-state index is 0.0908. The molecule has 230 valence electrons. The number of benzene rings is 2. The Morgan fingerprint density at radius 3 is 2.37 bits per heavy atom. The zero-order valence-corrected chi connectivity index (χ0v) is 26.8. The predicted octanol–water partition coefficient (Wildman–Crippen LogP) is 5.01. The molecule has 0 saturated heterocycles. The highest BCUT2D eigenvalue weighted by atomic mass is 79.9. The minimum atomic E-state index is -3.81. The van der Waals surface area contributed by atoms with Gasteiger partial charge in [0, 0.05) is 22.9 Å². The van der Waals surface area contributed by atoms with E-state index in [0.29, 0.717) is 40.8 Å². The summed E-state index contributed by atoms with van der Waals surface area (Å²) in [6, 6.07) is 10.3. The third-order valence-electron chi connectivity index (χ3n) is 7.95. The van der Waals surface area contributed by atoms with Crippen LogP contribution in [0.3, 0.4) is 0 Å². The number of aromatic nitrogens is 2. The van der Waals surface area contributed by atoms with E-state index in [9.17, 15) is 22.8 Å². The molecule has 0 radical (unpaired) electrons. The van der Waals surface area contributed by atoms with Gasteiger partial charge in [-0.1, -0.05) is 35.2 Å². The molecule has 3 aromatic rings. The summed E-state index contributed by atoms with van der Waals surface area (Å²) in [5.74, 6) is -1.02. The number of anilines is 1. The quantitative estimate of drug-likeness (QED) is 0.240. The number of fused-ring (bicyclic) bond motifs is 1. The Morgan fingerprint density at radius 1 is 1.09 bits per heavy atom. The molecule has 1 heterocycles. The summed E-state index contributed by atoms with van der Waals surface area (Å²) in [5, 5.41) is 10.6. The highest BCUT2D eigenvalue weighted by molar-refractivity contribution is 9.10. The molecule has 0 bridgehead atoms. The maximum Gasteiger partial charge on any atom is 0.415 e. The van der Waals surface area contributed by atoms with Gasteiger partial charge in [-0.2, -0.15) is 5.10 Å². The first-order valence-electron chi connectivity index (χ1n) is 14.5. The van der Waals surface area contributed by atoms with E-state index < -0.39 is 28.1 Å². The highest BCUT2D eigenvalue weighted by Crippen LogP contribution is 2.46. The van der Waals surface area contributed by atoms with Crippen LogP contribution in [-0.4, -0.2) is 62.1 Å². The zero-order chi connectivity index (χ0) is 30.9. The van der Waals surface area contributed by atoms with Crippen molar-refractivity contribution in [2.24, 2.45) is 5.92 Å². The first-order chi connectivity index (χ1) is 20.5. The van der Waals surface area contributed by atoms with Crippen molar-refractivity contribution in [2.45, 2.75) is 63.8 Å². The topological polar surface area (TPSA) is 140 Å². The highest BCUT2D eigenvalue weighted by Gasteiger charge is 2.34. The summed E-state index contributed by atoms with van der Waals surface area (Å²) in [5.41, 5.74) is 2.71. The van der Waals surface area contributed by atoms with Gasteiger partial charge in [0.1, 0.15) is 5.69 Å². The molecule has 2 N–H and O–H groups in total. The van der Waals surface area contributed by atoms with E-state index in [1.165, 1.54) is 4.31 Å². The lowest BCUT2D eigenvalue weighted by molar-refractivity contribution is -0.143. The maximum absolute atomic E-state index is 13.2. The fourth-order valence-corrected chi connectivity index (χ4v) is 6.91. The van der Waals surface area contributed by atoms with Crippen molar-refractivity contribution in [1.82, 2.24) is 20.4 Å². The standard InChI is InChI=1S/C30H36BrN5O6S/c1-18(33-30(39)42-29(38)20-7-5-4-6-8-20)17-35(43(3,40)41)26-16-25-24(15-23(26)19-9-10-19)27(28(37)32-2)36(34-25)22-13-11-21(31)12-14-22/h11-16,18-20H,4-10,17H2,1-3H3,(H,32,37)(H,33,39). The molecule has 2 fully saturated rings. The number of sulfonamides is 1. The van der Waals surface area contributed by atoms with Crippen LogP contribution in [0.5, 0.6) is 0 Å². The lowest BCUT2D eigenvalue weighted by Gasteiger charge is -2.28. The van der Waals surface area contributed by atoms with Crippen molar-refractivity contribution in [3.63, 3.8) is 0 Å². The predicted molar refractivity (Wildman–Crippen MR) is 167 cm³/mol. The van der Waals surface area contributed by atoms with Gasteiger partial charge in [-0.3, -0.25) is 13.9 Å². The smallest absolute Gasteiger partial charge is 0.376 e. The molecule has 1 unspecified atom stereocenters. The largest absolute Gasteiger partial charge is 0.415 e. The Kier molecular flexibility index (Phi) is 9.12. The first-order valence-corrected chi connectivity index (χ1v) is 17.1. The number of alkyl carbamates (subject to hydrolysis) is 1. The summed E-state index contributed by atoms with van der Waals surface area (Å²) in [4.78, 5) is 38.1. The summed E-state index contributed by atoms with van der Waals surface area (Å²) in [7, 11) is -2.26. The summed E-state index contributed by atoms with van der Waals surface area (Å²) < 4.78 is 35.1. The van der Waals surface area contributed by atoms with E-state index in [1.54, 1.807) is 24.7 Å². The van der Waals surface area contributed by atoms with Crippen LogP contribution in [0.25, 0.3) is 16.6 Å². The van der Waals surface area contributed by atoms with E-state index in [1.807, 2.05) is 30.3 Å². The van der Waals surface area contributed by atoms with Crippen molar-refractivity contribution < 1.29 is 27.5 Å². The van der Waals surface area contributed by atoms with Crippen molar-refractivity contribution in [1.29, 1.82) is 0 Å². The number of nitrogens with one attached hydrogen (secondary N) is 2. The minimum Gasteiger partial charge on any atom is -0.376 e. The molecular formula is C30H36BrN5O6S. The Labute approximate surface area is 259 Å². The molecule has 0 aliphatic heterocycles. The van der Waals surface area contributed by atoms with Crippen LogP contribution in [0, 0.1) is 5.92 Å². The van der Waals surface area contributed by atoms with Gasteiger partial charge in [0.25, 0.3) is 5.91 Å². The molecule has 1 aromatic heterocycles. The van der Waals surface area contributed by atoms with Gasteiger partial charge in [-0.05, 0) is 80.5 Å². The van der Waals surface area contributed by atoms with Gasteiger partial charge in [0.15, 0.2) is 0 Å². The second-order valence-corrected chi connectivity index (χ2v) is 14.2. The second-order valence-electron chi connectivity index (χ2n) is 11.4. The number of carbonyl (C=O) groups excluding carboxylic acids is 3. The van der Waals surface area contributed by atoms with Crippen LogP contribution < -0.4 is 14.9 Å². The van der Waals surface area contributed by atoms with Gasteiger partial charge < -0.3 is 15.4 Å². The average Bonchev–Trinajstić information content (AvgIpc) is 3.75. The number of carbonyl (C=O) groups is 3. The van der Waals surface area contributed by atoms with E-state index in [0.717, 1.165) is 48.4 Å². The number of halogens is 1. The Morgan fingerprint density at radius 2 is 1.77 bits per heavy atom. The van der Waals surface area contributed by atoms with Crippen molar-refractivity contribution >= 4 is 60.5 Å². The zero-order valence-electron chi connectivity index (χ0n) is 24.4. The van der Waals surface area contributed by atoms with E-state index in [2.05, 4.69) is 26.6 Å². The monoisotopic (exact) mass is 673 g/mol. The van der Waals surface area contributed by atoms with Gasteiger partial charge in [0.2, 0.25) is 10.0 Å². The molecule has 2 amide bonds. The molecule has 43 heavy (non-hydrogen) atoms. The van der Waals surface area contributed by atoms with Crippen LogP contribution in [0.4, 0.5) is 10.5 Å². The molecule has 2 aliphatic rings. The Hall–Kier alpha value is -3.45. The molecule has 11 nitrogen and oxygen atoms in total. The normalized spacial score (nSPS) is 16.5. The SMILES string of the molecule is CNC(=O)c1c2cc(C3CC3)c(N(CC(C)NC(=O)OC(=O)C3CCCCC3)S(C)(=O)=O)cc2nn1-c1ccc(Br)cc1. The molecule has 2 saturated carbocycles. The Bertz CT molecular complexity index is 1650. The summed E-state index contributed by atoms with van der Waals surface area (Å²) >= 11 is 3.43. The van der Waals surface area contributed by atoms with Crippen LogP contribution in [0.1, 0.15) is 73.8 Å². The van der Waals surface area contributed by atoms with Crippen LogP contribution in [0.2, 0.25) is 0 Å². The molecule has 13 heteroatoms. The fraction of sp³-hybridized carbons (Fsp3) is 0.467. The molecule has 2 aromatic carbocycles. The van der Waals surface area contributed by atoms with Crippen molar-refractivity contribution in [3.8, 4) is 5.69 Å². The first kappa shape index (κ1) is 31.0. The average molecular weight is 675 g/mol. The van der Waals surface area contributed by atoms with Gasteiger partial charge in [-0.25, -0.2) is 17.9 Å². The number of esters is 1. The molecular weight excluding hydrogens is 638 g/mol. The van der Waals surface area contributed by atoms with Crippen LogP contribution in [-0.2, 0) is 19.6 Å². The van der Waals surface area contributed by atoms with Gasteiger partial charge >= 0.3 is 12.1 Å². The summed E-state index contributed by atoms with van der Waals surface area (Å²) in [6.07, 6.45) is 6.33. The molecule has 2 aliphatic carbocycles. The third kappa shape index (κ3) is 7.04. The van der Waals surface area contributed by atoms with Gasteiger partial charge in [0.05, 0.1) is 35.6 Å². The fourth-order valence-electron chi connectivity index (χ4n) is 5.63.